The number of hydrogen-bond acceptors (Lipinski definition) is 3. The van der Waals surface area contributed by atoms with Crippen molar-refractivity contribution in [1.29, 1.82) is 5.26 Å². The Labute approximate surface area is 91.4 Å². The lowest BCUT2D eigenvalue weighted by molar-refractivity contribution is -0.153. The van der Waals surface area contributed by atoms with Crippen LogP contribution in [0.4, 0.5) is 0 Å². The van der Waals surface area contributed by atoms with Crippen LogP contribution in [0.3, 0.4) is 0 Å². The topological polar surface area (TPSA) is 50.1 Å². The fraction of sp³-hybridized carbons (Fsp3) is 0.833. The molecule has 0 heterocycles. The molecule has 84 valence electrons. The number of unbranched alkanes of at least 4 members (excludes halogenated alkanes) is 2. The van der Waals surface area contributed by atoms with Crippen molar-refractivity contribution in [3.63, 3.8) is 0 Å². The van der Waals surface area contributed by atoms with E-state index in [0.717, 1.165) is 44.9 Å². The number of esters is 1. The van der Waals surface area contributed by atoms with Crippen molar-refractivity contribution < 1.29 is 9.53 Å². The molecule has 0 aliphatic heterocycles. The Morgan fingerprint density at radius 3 is 2.60 bits per heavy atom. The number of carbonyl (C=O) groups excluding carboxylic acids is 1. The van der Waals surface area contributed by atoms with Gasteiger partial charge in [-0.2, -0.15) is 5.26 Å². The molecule has 0 aromatic rings. The van der Waals surface area contributed by atoms with Crippen LogP contribution in [0.5, 0.6) is 0 Å². The van der Waals surface area contributed by atoms with Crippen LogP contribution in [0.25, 0.3) is 0 Å². The lowest BCUT2D eigenvalue weighted by Gasteiger charge is -2.25. The van der Waals surface area contributed by atoms with Gasteiger partial charge in [0.25, 0.3) is 0 Å². The van der Waals surface area contributed by atoms with E-state index in [1.165, 1.54) is 7.11 Å². The first-order chi connectivity index (χ1) is 7.25. The number of rotatable bonds is 5. The minimum atomic E-state index is -0.218. The second kappa shape index (κ2) is 5.75. The maximum Gasteiger partial charge on any atom is 0.311 e. The molecule has 0 bridgehead atoms. The molecule has 1 aliphatic rings. The minimum absolute atomic E-state index is 0.0445. The fourth-order valence-corrected chi connectivity index (χ4v) is 2.49. The molecule has 1 aliphatic carbocycles. The molecule has 0 unspecified atom stereocenters. The third kappa shape index (κ3) is 2.95. The summed E-state index contributed by atoms with van der Waals surface area (Å²) in [5, 5.41) is 8.44. The van der Waals surface area contributed by atoms with E-state index < -0.39 is 0 Å². The van der Waals surface area contributed by atoms with Gasteiger partial charge in [-0.3, -0.25) is 4.79 Å². The average molecular weight is 209 g/mol. The summed E-state index contributed by atoms with van der Waals surface area (Å²) in [6.07, 6.45) is 7.54. The van der Waals surface area contributed by atoms with Gasteiger partial charge in [0.2, 0.25) is 0 Å². The minimum Gasteiger partial charge on any atom is -0.469 e. The van der Waals surface area contributed by atoms with Crippen LogP contribution in [-0.4, -0.2) is 13.1 Å². The van der Waals surface area contributed by atoms with E-state index in [1.54, 1.807) is 0 Å². The van der Waals surface area contributed by atoms with Crippen LogP contribution in [0.15, 0.2) is 0 Å². The Morgan fingerprint density at radius 2 is 2.07 bits per heavy atom. The van der Waals surface area contributed by atoms with Crippen molar-refractivity contribution in [1.82, 2.24) is 0 Å². The molecule has 0 spiro atoms. The first kappa shape index (κ1) is 12.0. The first-order valence-corrected chi connectivity index (χ1v) is 5.70. The van der Waals surface area contributed by atoms with Gasteiger partial charge >= 0.3 is 5.97 Å². The van der Waals surface area contributed by atoms with Crippen molar-refractivity contribution in [3.8, 4) is 6.07 Å². The van der Waals surface area contributed by atoms with Crippen molar-refractivity contribution in [3.05, 3.63) is 0 Å². The van der Waals surface area contributed by atoms with Crippen LogP contribution < -0.4 is 0 Å². The Hall–Kier alpha value is -1.04. The SMILES string of the molecule is COC(=O)C1(CCCCC#N)CCCC1. The summed E-state index contributed by atoms with van der Waals surface area (Å²) < 4.78 is 4.89. The maximum absolute atomic E-state index is 11.7. The number of methoxy groups -OCH3 is 1. The molecular formula is C12H19NO2. The maximum atomic E-state index is 11.7. The quantitative estimate of drug-likeness (QED) is 0.516. The Morgan fingerprint density at radius 1 is 1.40 bits per heavy atom. The number of ether oxygens (including phenoxy) is 1. The monoisotopic (exact) mass is 209 g/mol. The fourth-order valence-electron chi connectivity index (χ4n) is 2.49. The zero-order valence-corrected chi connectivity index (χ0v) is 9.42. The lowest BCUT2D eigenvalue weighted by atomic mass is 9.81. The van der Waals surface area contributed by atoms with E-state index in [-0.39, 0.29) is 11.4 Å². The Kier molecular flexibility index (Phi) is 4.61. The van der Waals surface area contributed by atoms with E-state index in [9.17, 15) is 4.79 Å². The smallest absolute Gasteiger partial charge is 0.311 e. The summed E-state index contributed by atoms with van der Waals surface area (Å²) in [7, 11) is 1.47. The summed E-state index contributed by atoms with van der Waals surface area (Å²) >= 11 is 0. The summed E-state index contributed by atoms with van der Waals surface area (Å²) in [5.41, 5.74) is -0.218. The first-order valence-electron chi connectivity index (χ1n) is 5.70. The van der Waals surface area contributed by atoms with Crippen molar-refractivity contribution in [2.75, 3.05) is 7.11 Å². The van der Waals surface area contributed by atoms with Gasteiger partial charge in [-0.1, -0.05) is 19.3 Å². The van der Waals surface area contributed by atoms with E-state index in [0.29, 0.717) is 6.42 Å². The molecule has 1 saturated carbocycles. The molecule has 0 N–H and O–H groups in total. The number of nitrogens with zero attached hydrogens (tertiary/aromatic N) is 1. The molecule has 0 aromatic carbocycles. The number of nitriles is 1. The van der Waals surface area contributed by atoms with Crippen LogP contribution >= 0.6 is 0 Å². The van der Waals surface area contributed by atoms with E-state index in [2.05, 4.69) is 6.07 Å². The second-order valence-corrected chi connectivity index (χ2v) is 4.34. The number of carbonyl (C=O) groups is 1. The summed E-state index contributed by atoms with van der Waals surface area (Å²) in [5.74, 6) is -0.0445. The van der Waals surface area contributed by atoms with Crippen LogP contribution in [-0.2, 0) is 9.53 Å². The van der Waals surface area contributed by atoms with Crippen molar-refractivity contribution in [2.45, 2.75) is 51.4 Å². The van der Waals surface area contributed by atoms with Gasteiger partial charge in [0.15, 0.2) is 0 Å². The highest BCUT2D eigenvalue weighted by molar-refractivity contribution is 5.77. The van der Waals surface area contributed by atoms with Gasteiger partial charge in [0.05, 0.1) is 18.6 Å². The molecule has 15 heavy (non-hydrogen) atoms. The van der Waals surface area contributed by atoms with Crippen LogP contribution in [0.2, 0.25) is 0 Å². The highest BCUT2D eigenvalue weighted by Gasteiger charge is 2.41. The highest BCUT2D eigenvalue weighted by atomic mass is 16.5. The molecule has 3 heteroatoms. The van der Waals surface area contributed by atoms with E-state index in [1.807, 2.05) is 0 Å². The normalized spacial score (nSPS) is 18.4. The molecule has 0 aromatic heterocycles. The third-order valence-corrected chi connectivity index (χ3v) is 3.37. The molecule has 0 amide bonds. The second-order valence-electron chi connectivity index (χ2n) is 4.34. The summed E-state index contributed by atoms with van der Waals surface area (Å²) in [6.45, 7) is 0. The summed E-state index contributed by atoms with van der Waals surface area (Å²) in [4.78, 5) is 11.7. The third-order valence-electron chi connectivity index (χ3n) is 3.37. The summed E-state index contributed by atoms with van der Waals surface area (Å²) in [6, 6.07) is 2.13. The molecular weight excluding hydrogens is 190 g/mol. The van der Waals surface area contributed by atoms with Crippen molar-refractivity contribution in [2.24, 2.45) is 5.41 Å². The molecule has 1 rings (SSSR count). The van der Waals surface area contributed by atoms with Gasteiger partial charge in [-0.05, 0) is 25.7 Å². The Balaban J connectivity index is 2.44. The van der Waals surface area contributed by atoms with Gasteiger partial charge in [-0.25, -0.2) is 0 Å². The standard InChI is InChI=1S/C12H19NO2/c1-15-11(14)12(8-4-5-9-12)7-3-2-6-10-13/h2-9H2,1H3. The molecule has 0 saturated heterocycles. The van der Waals surface area contributed by atoms with Gasteiger partial charge in [0.1, 0.15) is 0 Å². The Bertz CT molecular complexity index is 249. The van der Waals surface area contributed by atoms with Gasteiger partial charge in [-0.15, -0.1) is 0 Å². The lowest BCUT2D eigenvalue weighted by Crippen LogP contribution is -2.29. The average Bonchev–Trinajstić information content (AvgIpc) is 2.73. The van der Waals surface area contributed by atoms with Gasteiger partial charge in [0, 0.05) is 6.42 Å². The van der Waals surface area contributed by atoms with Gasteiger partial charge < -0.3 is 4.74 Å². The van der Waals surface area contributed by atoms with Crippen LogP contribution in [0, 0.1) is 16.7 Å². The number of hydrogen-bond donors (Lipinski definition) is 0. The van der Waals surface area contributed by atoms with E-state index in [4.69, 9.17) is 10.00 Å². The molecule has 1 fully saturated rings. The largest absolute Gasteiger partial charge is 0.469 e. The highest BCUT2D eigenvalue weighted by Crippen LogP contribution is 2.43. The zero-order chi connectivity index (χ0) is 11.1. The van der Waals surface area contributed by atoms with Crippen LogP contribution in [0.1, 0.15) is 51.4 Å². The van der Waals surface area contributed by atoms with Crippen molar-refractivity contribution >= 4 is 5.97 Å². The molecule has 0 radical (unpaired) electrons. The molecule has 3 nitrogen and oxygen atoms in total. The predicted molar refractivity (Wildman–Crippen MR) is 57.0 cm³/mol. The zero-order valence-electron chi connectivity index (χ0n) is 9.42. The predicted octanol–water partition coefficient (Wildman–Crippen LogP) is 2.80. The molecule has 0 atom stereocenters. The van der Waals surface area contributed by atoms with E-state index >= 15 is 0 Å².